The maximum atomic E-state index is 10.9. The molecule has 1 aliphatic heterocycles. The Morgan fingerprint density at radius 2 is 2.36 bits per heavy atom. The minimum atomic E-state index is -0.217. The number of hydrogen-bond donors (Lipinski definition) is 0. The lowest BCUT2D eigenvalue weighted by molar-refractivity contribution is -0.139. The predicted molar refractivity (Wildman–Crippen MR) is 54.0 cm³/mol. The van der Waals surface area contributed by atoms with Crippen molar-refractivity contribution in [2.45, 2.75) is 38.2 Å². The lowest BCUT2D eigenvalue weighted by atomic mass is 10.0. The van der Waals surface area contributed by atoms with Gasteiger partial charge < -0.3 is 9.47 Å². The van der Waals surface area contributed by atoms with Crippen LogP contribution in [-0.2, 0) is 14.3 Å². The molecule has 1 atom stereocenters. The zero-order valence-electron chi connectivity index (χ0n) is 8.75. The Morgan fingerprint density at radius 3 is 2.93 bits per heavy atom. The molecule has 1 heterocycles. The van der Waals surface area contributed by atoms with E-state index >= 15 is 0 Å². The molecule has 0 aromatic carbocycles. The number of methoxy groups -OCH3 is 1. The van der Waals surface area contributed by atoms with Crippen molar-refractivity contribution in [1.29, 1.82) is 0 Å². The Hall–Kier alpha value is -0.830. The van der Waals surface area contributed by atoms with Gasteiger partial charge in [0.2, 0.25) is 0 Å². The second-order valence-electron chi connectivity index (χ2n) is 3.70. The average Bonchev–Trinajstić information content (AvgIpc) is 2.19. The molecule has 0 bridgehead atoms. The van der Waals surface area contributed by atoms with E-state index in [-0.39, 0.29) is 12.1 Å². The first-order valence-corrected chi connectivity index (χ1v) is 5.07. The summed E-state index contributed by atoms with van der Waals surface area (Å²) in [5, 5.41) is 0. The molecule has 3 heteroatoms. The van der Waals surface area contributed by atoms with Crippen LogP contribution in [0.25, 0.3) is 0 Å². The van der Waals surface area contributed by atoms with E-state index in [2.05, 4.69) is 11.3 Å². The van der Waals surface area contributed by atoms with Gasteiger partial charge in [-0.25, -0.2) is 0 Å². The Labute approximate surface area is 85.1 Å². The molecular weight excluding hydrogens is 180 g/mol. The third-order valence-electron chi connectivity index (χ3n) is 2.41. The van der Waals surface area contributed by atoms with Crippen LogP contribution in [0, 0.1) is 0 Å². The fraction of sp³-hybridized carbons (Fsp3) is 0.727. The zero-order valence-corrected chi connectivity index (χ0v) is 8.75. The topological polar surface area (TPSA) is 35.5 Å². The summed E-state index contributed by atoms with van der Waals surface area (Å²) in [6, 6.07) is 0. The maximum absolute atomic E-state index is 10.9. The molecule has 1 saturated heterocycles. The number of carbonyl (C=O) groups excluding carboxylic acids is 1. The molecule has 0 aliphatic carbocycles. The van der Waals surface area contributed by atoms with Gasteiger partial charge in [-0.2, -0.15) is 0 Å². The first-order valence-electron chi connectivity index (χ1n) is 5.07. The summed E-state index contributed by atoms with van der Waals surface area (Å²) in [4.78, 5) is 10.9. The molecule has 0 aromatic heterocycles. The van der Waals surface area contributed by atoms with Crippen molar-refractivity contribution in [3.63, 3.8) is 0 Å². The molecule has 1 unspecified atom stereocenters. The molecule has 0 radical (unpaired) electrons. The van der Waals surface area contributed by atoms with Gasteiger partial charge in [0.25, 0.3) is 0 Å². The molecule has 0 aromatic rings. The number of ether oxygens (including phenoxy) is 2. The van der Waals surface area contributed by atoms with Gasteiger partial charge in [0, 0.05) is 6.61 Å². The minimum Gasteiger partial charge on any atom is -0.469 e. The highest BCUT2D eigenvalue weighted by Gasteiger charge is 2.16. The molecule has 3 nitrogen and oxygen atoms in total. The van der Waals surface area contributed by atoms with Crippen LogP contribution in [0.5, 0.6) is 0 Å². The fourth-order valence-electron chi connectivity index (χ4n) is 1.64. The van der Waals surface area contributed by atoms with Gasteiger partial charge in [-0.1, -0.05) is 12.2 Å². The lowest BCUT2D eigenvalue weighted by Gasteiger charge is -2.23. The van der Waals surface area contributed by atoms with Crippen molar-refractivity contribution >= 4 is 5.97 Å². The first kappa shape index (κ1) is 11.2. The van der Waals surface area contributed by atoms with E-state index in [4.69, 9.17) is 4.74 Å². The van der Waals surface area contributed by atoms with Gasteiger partial charge in [-0.3, -0.25) is 4.79 Å². The second-order valence-corrected chi connectivity index (χ2v) is 3.70. The van der Waals surface area contributed by atoms with Crippen LogP contribution in [0.15, 0.2) is 12.2 Å². The Balaban J connectivity index is 2.21. The highest BCUT2D eigenvalue weighted by atomic mass is 16.5. The summed E-state index contributed by atoms with van der Waals surface area (Å²) >= 11 is 0. The van der Waals surface area contributed by atoms with Crippen molar-refractivity contribution in [3.8, 4) is 0 Å². The summed E-state index contributed by atoms with van der Waals surface area (Å²) in [6.45, 7) is 4.70. The summed E-state index contributed by atoms with van der Waals surface area (Å²) in [7, 11) is 1.40. The van der Waals surface area contributed by atoms with Crippen molar-refractivity contribution in [2.75, 3.05) is 13.7 Å². The molecule has 0 N–H and O–H groups in total. The Bertz CT molecular complexity index is 205. The van der Waals surface area contributed by atoms with E-state index < -0.39 is 0 Å². The number of rotatable bonds is 4. The molecule has 0 saturated carbocycles. The van der Waals surface area contributed by atoms with Crippen LogP contribution >= 0.6 is 0 Å². The molecule has 0 spiro atoms. The fourth-order valence-corrected chi connectivity index (χ4v) is 1.64. The van der Waals surface area contributed by atoms with Crippen molar-refractivity contribution in [1.82, 2.24) is 0 Å². The van der Waals surface area contributed by atoms with E-state index in [9.17, 15) is 4.79 Å². The highest BCUT2D eigenvalue weighted by Crippen LogP contribution is 2.20. The van der Waals surface area contributed by atoms with E-state index in [0.717, 1.165) is 31.4 Å². The van der Waals surface area contributed by atoms with Gasteiger partial charge in [-0.15, -0.1) is 0 Å². The minimum absolute atomic E-state index is 0.217. The van der Waals surface area contributed by atoms with Gasteiger partial charge in [-0.05, 0) is 25.7 Å². The molecule has 1 aliphatic rings. The summed E-state index contributed by atoms with van der Waals surface area (Å²) < 4.78 is 10.1. The second kappa shape index (κ2) is 5.81. The number of carbonyl (C=O) groups is 1. The van der Waals surface area contributed by atoms with Crippen LogP contribution in [0.1, 0.15) is 32.1 Å². The summed E-state index contributed by atoms with van der Waals surface area (Å²) in [5.74, 6) is -0.217. The monoisotopic (exact) mass is 198 g/mol. The number of esters is 1. The summed E-state index contributed by atoms with van der Waals surface area (Å²) in [6.07, 6.45) is 4.82. The number of hydrogen-bond acceptors (Lipinski definition) is 3. The smallest absolute Gasteiger partial charge is 0.309 e. The van der Waals surface area contributed by atoms with E-state index in [1.54, 1.807) is 0 Å². The van der Waals surface area contributed by atoms with Gasteiger partial charge in [0.05, 0.1) is 19.6 Å². The quantitative estimate of drug-likeness (QED) is 0.512. The SMILES string of the molecule is C=C(CC(=O)OC)CC1CCCCO1. The van der Waals surface area contributed by atoms with E-state index in [0.29, 0.717) is 6.42 Å². The first-order chi connectivity index (χ1) is 6.72. The summed E-state index contributed by atoms with van der Waals surface area (Å²) in [5.41, 5.74) is 0.906. The van der Waals surface area contributed by atoms with Gasteiger partial charge in [0.1, 0.15) is 0 Å². The van der Waals surface area contributed by atoms with Crippen molar-refractivity contribution < 1.29 is 14.3 Å². The standard InChI is InChI=1S/C11H18O3/c1-9(8-11(12)13-2)7-10-5-3-4-6-14-10/h10H,1,3-8H2,2H3. The van der Waals surface area contributed by atoms with Crippen LogP contribution in [0.3, 0.4) is 0 Å². The predicted octanol–water partition coefficient (Wildman–Crippen LogP) is 2.06. The molecule has 80 valence electrons. The van der Waals surface area contributed by atoms with Crippen LogP contribution in [0.2, 0.25) is 0 Å². The van der Waals surface area contributed by atoms with E-state index in [1.807, 2.05) is 0 Å². The molecule has 14 heavy (non-hydrogen) atoms. The third-order valence-corrected chi connectivity index (χ3v) is 2.41. The largest absolute Gasteiger partial charge is 0.469 e. The molecular formula is C11H18O3. The average molecular weight is 198 g/mol. The van der Waals surface area contributed by atoms with Crippen molar-refractivity contribution in [3.05, 3.63) is 12.2 Å². The highest BCUT2D eigenvalue weighted by molar-refractivity contribution is 5.72. The van der Waals surface area contributed by atoms with E-state index in [1.165, 1.54) is 13.5 Å². The lowest BCUT2D eigenvalue weighted by Crippen LogP contribution is -2.20. The van der Waals surface area contributed by atoms with Crippen molar-refractivity contribution in [2.24, 2.45) is 0 Å². The Morgan fingerprint density at radius 1 is 1.57 bits per heavy atom. The molecule has 1 fully saturated rings. The Kier molecular flexibility index (Phi) is 4.66. The van der Waals surface area contributed by atoms with Crippen LogP contribution < -0.4 is 0 Å². The van der Waals surface area contributed by atoms with Crippen LogP contribution in [-0.4, -0.2) is 25.8 Å². The zero-order chi connectivity index (χ0) is 10.4. The third kappa shape index (κ3) is 3.92. The molecule has 0 amide bonds. The molecule has 1 rings (SSSR count). The maximum Gasteiger partial charge on any atom is 0.309 e. The van der Waals surface area contributed by atoms with Gasteiger partial charge >= 0.3 is 5.97 Å². The van der Waals surface area contributed by atoms with Gasteiger partial charge in [0.15, 0.2) is 0 Å². The normalized spacial score (nSPS) is 21.6. The van der Waals surface area contributed by atoms with Crippen LogP contribution in [0.4, 0.5) is 0 Å².